The van der Waals surface area contributed by atoms with Gasteiger partial charge in [-0.05, 0) is 36.6 Å². The van der Waals surface area contributed by atoms with Crippen molar-refractivity contribution in [3.63, 3.8) is 0 Å². The monoisotopic (exact) mass is 351 g/mol. The van der Waals surface area contributed by atoms with Gasteiger partial charge in [0.1, 0.15) is 5.75 Å². The first-order valence-electron chi connectivity index (χ1n) is 8.48. The molecule has 2 aromatic carbocycles. The number of carboxylic acid groups (broad SMARTS) is 1. The number of benzene rings is 2. The lowest BCUT2D eigenvalue weighted by molar-refractivity contribution is -0.136. The van der Waals surface area contributed by atoms with E-state index in [0.717, 1.165) is 16.8 Å². The van der Waals surface area contributed by atoms with Crippen molar-refractivity contribution < 1.29 is 19.4 Å². The van der Waals surface area contributed by atoms with Crippen molar-refractivity contribution in [2.75, 3.05) is 7.11 Å². The summed E-state index contributed by atoms with van der Waals surface area (Å²) in [6, 6.07) is 13.4. The van der Waals surface area contributed by atoms with Crippen molar-refractivity contribution >= 4 is 22.7 Å². The number of ketones is 1. The molecular weight excluding hydrogens is 330 g/mol. The smallest absolute Gasteiger partial charge is 0.307 e. The zero-order valence-corrected chi connectivity index (χ0v) is 14.8. The highest BCUT2D eigenvalue weighted by Gasteiger charge is 2.22. The van der Waals surface area contributed by atoms with Gasteiger partial charge in [0.15, 0.2) is 5.78 Å². The third-order valence-corrected chi connectivity index (χ3v) is 4.55. The van der Waals surface area contributed by atoms with E-state index in [1.165, 1.54) is 7.11 Å². The Morgan fingerprint density at radius 3 is 2.50 bits per heavy atom. The Hall–Kier alpha value is -3.08. The van der Waals surface area contributed by atoms with Gasteiger partial charge in [0, 0.05) is 23.0 Å². The summed E-state index contributed by atoms with van der Waals surface area (Å²) in [5.74, 6) is -0.511. The van der Waals surface area contributed by atoms with Crippen LogP contribution in [0.4, 0.5) is 0 Å². The molecule has 2 N–H and O–H groups in total. The van der Waals surface area contributed by atoms with E-state index in [2.05, 4.69) is 4.98 Å². The van der Waals surface area contributed by atoms with Gasteiger partial charge in [-0.1, -0.05) is 30.3 Å². The van der Waals surface area contributed by atoms with E-state index in [-0.39, 0.29) is 12.2 Å². The maximum atomic E-state index is 13.0. The predicted molar refractivity (Wildman–Crippen MR) is 100 cm³/mol. The summed E-state index contributed by atoms with van der Waals surface area (Å²) in [5.41, 5.74) is 3.69. The molecule has 1 heterocycles. The number of aryl methyl sites for hydroxylation is 2. The number of carbonyl (C=O) groups is 2. The molecule has 26 heavy (non-hydrogen) atoms. The van der Waals surface area contributed by atoms with Crippen LogP contribution in [-0.4, -0.2) is 29.0 Å². The number of aliphatic carboxylic acids is 1. The normalized spacial score (nSPS) is 10.8. The molecule has 0 aliphatic rings. The fourth-order valence-electron chi connectivity index (χ4n) is 3.31. The van der Waals surface area contributed by atoms with Gasteiger partial charge in [-0.15, -0.1) is 0 Å². The summed E-state index contributed by atoms with van der Waals surface area (Å²) in [6.45, 7) is 1.82. The third kappa shape index (κ3) is 3.47. The second-order valence-electron chi connectivity index (χ2n) is 6.27. The molecule has 0 aliphatic heterocycles. The van der Waals surface area contributed by atoms with Crippen LogP contribution in [-0.2, 0) is 17.6 Å². The number of carboxylic acids is 1. The number of H-pyrrole nitrogens is 1. The number of aromatic nitrogens is 1. The third-order valence-electron chi connectivity index (χ3n) is 4.55. The number of rotatable bonds is 7. The summed E-state index contributed by atoms with van der Waals surface area (Å²) >= 11 is 0. The molecule has 3 aromatic rings. The number of fused-ring (bicyclic) bond motifs is 1. The van der Waals surface area contributed by atoms with Crippen molar-refractivity contribution in [2.24, 2.45) is 0 Å². The Kier molecular flexibility index (Phi) is 5.07. The zero-order chi connectivity index (χ0) is 18.7. The van der Waals surface area contributed by atoms with Gasteiger partial charge in [-0.25, -0.2) is 0 Å². The summed E-state index contributed by atoms with van der Waals surface area (Å²) in [7, 11) is 1.52. The van der Waals surface area contributed by atoms with E-state index in [0.29, 0.717) is 35.1 Å². The molecule has 5 heteroatoms. The van der Waals surface area contributed by atoms with Crippen molar-refractivity contribution in [2.45, 2.75) is 26.2 Å². The van der Waals surface area contributed by atoms with Gasteiger partial charge < -0.3 is 14.8 Å². The van der Waals surface area contributed by atoms with Crippen LogP contribution < -0.4 is 4.74 Å². The number of carbonyl (C=O) groups excluding carboxylic acids is 1. The van der Waals surface area contributed by atoms with E-state index < -0.39 is 5.97 Å². The van der Waals surface area contributed by atoms with E-state index in [1.807, 2.05) is 43.3 Å². The Bertz CT molecular complexity index is 957. The molecule has 0 atom stereocenters. The van der Waals surface area contributed by atoms with Crippen LogP contribution in [0, 0.1) is 6.92 Å². The maximum Gasteiger partial charge on any atom is 0.307 e. The molecule has 0 saturated heterocycles. The molecule has 0 amide bonds. The van der Waals surface area contributed by atoms with Crippen LogP contribution in [0.3, 0.4) is 0 Å². The first kappa shape index (κ1) is 17.7. The molecular formula is C21H21NO4. The van der Waals surface area contributed by atoms with Gasteiger partial charge in [0.2, 0.25) is 0 Å². The number of nitrogens with one attached hydrogen (secondary N) is 1. The molecule has 0 unspecified atom stereocenters. The highest BCUT2D eigenvalue weighted by Crippen LogP contribution is 2.33. The molecule has 0 spiro atoms. The van der Waals surface area contributed by atoms with Crippen molar-refractivity contribution in [1.82, 2.24) is 4.98 Å². The Labute approximate surface area is 151 Å². The SMILES string of the molecule is COc1ccc2[nH]c(C)c(CC(=O)O)c2c1C(=O)CCc1ccccc1. The van der Waals surface area contributed by atoms with Crippen molar-refractivity contribution in [3.05, 3.63) is 64.8 Å². The Morgan fingerprint density at radius 1 is 1.12 bits per heavy atom. The molecule has 0 bridgehead atoms. The highest BCUT2D eigenvalue weighted by atomic mass is 16.5. The Balaban J connectivity index is 2.04. The van der Waals surface area contributed by atoms with Crippen molar-refractivity contribution in [1.29, 1.82) is 0 Å². The average molecular weight is 351 g/mol. The van der Waals surface area contributed by atoms with E-state index in [9.17, 15) is 14.7 Å². The number of methoxy groups -OCH3 is 1. The summed E-state index contributed by atoms with van der Waals surface area (Å²) in [4.78, 5) is 27.5. The molecule has 5 nitrogen and oxygen atoms in total. The highest BCUT2D eigenvalue weighted by molar-refractivity contribution is 6.12. The number of ether oxygens (including phenoxy) is 1. The van der Waals surface area contributed by atoms with Crippen LogP contribution in [0.2, 0.25) is 0 Å². The fraction of sp³-hybridized carbons (Fsp3) is 0.238. The maximum absolute atomic E-state index is 13.0. The number of Topliss-reactive ketones (excluding diaryl/α,β-unsaturated/α-hetero) is 1. The van der Waals surface area contributed by atoms with Crippen LogP contribution in [0.25, 0.3) is 10.9 Å². The fourth-order valence-corrected chi connectivity index (χ4v) is 3.31. The minimum atomic E-state index is -0.931. The van der Waals surface area contributed by atoms with Crippen LogP contribution >= 0.6 is 0 Å². The first-order valence-corrected chi connectivity index (χ1v) is 8.48. The number of hydrogen-bond acceptors (Lipinski definition) is 3. The van der Waals surface area contributed by atoms with E-state index in [1.54, 1.807) is 6.07 Å². The second kappa shape index (κ2) is 7.44. The minimum absolute atomic E-state index is 0.0538. The molecule has 3 rings (SSSR count). The van der Waals surface area contributed by atoms with Crippen LogP contribution in [0.1, 0.15) is 33.6 Å². The lowest BCUT2D eigenvalue weighted by Gasteiger charge is -2.11. The van der Waals surface area contributed by atoms with Gasteiger partial charge in [-0.3, -0.25) is 9.59 Å². The lowest BCUT2D eigenvalue weighted by Crippen LogP contribution is -2.07. The lowest BCUT2D eigenvalue weighted by atomic mass is 9.95. The average Bonchev–Trinajstić information content (AvgIpc) is 2.94. The second-order valence-corrected chi connectivity index (χ2v) is 6.27. The molecule has 0 saturated carbocycles. The predicted octanol–water partition coefficient (Wildman–Crippen LogP) is 3.93. The van der Waals surface area contributed by atoms with Gasteiger partial charge >= 0.3 is 5.97 Å². The standard InChI is InChI=1S/C21H21NO4/c1-13-15(12-19(24)25)20-16(22-13)9-11-18(26-2)21(20)17(23)10-8-14-6-4-3-5-7-14/h3-7,9,11,22H,8,10,12H2,1-2H3,(H,24,25). The quantitative estimate of drug-likeness (QED) is 0.632. The first-order chi connectivity index (χ1) is 12.5. The summed E-state index contributed by atoms with van der Waals surface area (Å²) < 4.78 is 5.41. The number of hydrogen-bond donors (Lipinski definition) is 2. The molecule has 0 radical (unpaired) electrons. The topological polar surface area (TPSA) is 79.4 Å². The van der Waals surface area contributed by atoms with Crippen molar-refractivity contribution in [3.8, 4) is 5.75 Å². The summed E-state index contributed by atoms with van der Waals surface area (Å²) in [5, 5.41) is 9.90. The zero-order valence-electron chi connectivity index (χ0n) is 14.8. The van der Waals surface area contributed by atoms with Crippen LogP contribution in [0.15, 0.2) is 42.5 Å². The van der Waals surface area contributed by atoms with Crippen LogP contribution in [0.5, 0.6) is 5.75 Å². The van der Waals surface area contributed by atoms with Gasteiger partial charge in [0.25, 0.3) is 0 Å². The minimum Gasteiger partial charge on any atom is -0.496 e. The Morgan fingerprint density at radius 2 is 1.85 bits per heavy atom. The number of aromatic amines is 1. The largest absolute Gasteiger partial charge is 0.496 e. The van der Waals surface area contributed by atoms with E-state index >= 15 is 0 Å². The molecule has 1 aromatic heterocycles. The van der Waals surface area contributed by atoms with Gasteiger partial charge in [0.05, 0.1) is 19.1 Å². The van der Waals surface area contributed by atoms with E-state index in [4.69, 9.17) is 4.74 Å². The van der Waals surface area contributed by atoms with Gasteiger partial charge in [-0.2, -0.15) is 0 Å². The molecule has 0 aliphatic carbocycles. The summed E-state index contributed by atoms with van der Waals surface area (Å²) in [6.07, 6.45) is 0.811. The molecule has 134 valence electrons. The molecule has 0 fully saturated rings.